The fraction of sp³-hybridized carbons (Fsp3) is 0.500. The molecule has 0 bridgehead atoms. The molecule has 0 aromatic heterocycles. The summed E-state index contributed by atoms with van der Waals surface area (Å²) in [5.41, 5.74) is 1.26. The number of benzene rings is 1. The summed E-state index contributed by atoms with van der Waals surface area (Å²) in [5.74, 6) is 0.628. The average Bonchev–Trinajstić information content (AvgIpc) is 2.40. The fourth-order valence-corrected chi connectivity index (χ4v) is 2.05. The molecule has 1 aromatic carbocycles. The van der Waals surface area contributed by atoms with Crippen molar-refractivity contribution in [3.8, 4) is 5.75 Å². The number of hydrogen-bond donors (Lipinski definition) is 1. The van der Waals surface area contributed by atoms with E-state index in [1.54, 1.807) is 0 Å². The van der Waals surface area contributed by atoms with E-state index in [4.69, 9.17) is 4.74 Å². The first-order valence-electron chi connectivity index (χ1n) is 6.31. The van der Waals surface area contributed by atoms with E-state index in [2.05, 4.69) is 12.2 Å². The molecular weight excluding hydrogens is 214 g/mol. The number of esters is 1. The van der Waals surface area contributed by atoms with E-state index in [9.17, 15) is 4.79 Å². The van der Waals surface area contributed by atoms with Gasteiger partial charge in [0.25, 0.3) is 0 Å². The van der Waals surface area contributed by atoms with Crippen molar-refractivity contribution in [3.05, 3.63) is 29.8 Å². The molecule has 0 aliphatic carbocycles. The Labute approximate surface area is 102 Å². The number of carbonyl (C=O) groups excluding carboxylic acids is 1. The molecule has 1 N–H and O–H groups in total. The Kier molecular flexibility index (Phi) is 4.15. The van der Waals surface area contributed by atoms with Gasteiger partial charge >= 0.3 is 5.97 Å². The largest absolute Gasteiger partial charge is 0.426 e. The molecule has 1 aromatic rings. The van der Waals surface area contributed by atoms with Gasteiger partial charge in [-0.2, -0.15) is 0 Å². The first kappa shape index (κ1) is 12.1. The molecule has 0 radical (unpaired) electrons. The highest BCUT2D eigenvalue weighted by Crippen LogP contribution is 2.18. The Balaban J connectivity index is 1.92. The first-order chi connectivity index (χ1) is 8.29. The Morgan fingerprint density at radius 2 is 1.94 bits per heavy atom. The number of rotatable bonds is 3. The molecule has 1 saturated heterocycles. The van der Waals surface area contributed by atoms with Gasteiger partial charge in [-0.25, -0.2) is 0 Å². The first-order valence-corrected chi connectivity index (χ1v) is 6.31. The number of piperidine rings is 1. The smallest absolute Gasteiger partial charge is 0.314 e. The summed E-state index contributed by atoms with van der Waals surface area (Å²) in [6.07, 6.45) is 2.76. The van der Waals surface area contributed by atoms with Crippen LogP contribution < -0.4 is 10.1 Å². The maximum atomic E-state index is 11.9. The van der Waals surface area contributed by atoms with Crippen LogP contribution in [-0.4, -0.2) is 19.1 Å². The highest BCUT2D eigenvalue weighted by Gasteiger charge is 2.22. The highest BCUT2D eigenvalue weighted by molar-refractivity contribution is 5.75. The predicted molar refractivity (Wildman–Crippen MR) is 67.0 cm³/mol. The summed E-state index contributed by atoms with van der Waals surface area (Å²) in [7, 11) is 0. The molecule has 3 nitrogen and oxygen atoms in total. The second-order valence-corrected chi connectivity index (χ2v) is 4.44. The zero-order valence-electron chi connectivity index (χ0n) is 10.2. The minimum Gasteiger partial charge on any atom is -0.426 e. The third-order valence-electron chi connectivity index (χ3n) is 3.22. The summed E-state index contributed by atoms with van der Waals surface area (Å²) < 4.78 is 5.39. The molecule has 0 saturated carbocycles. The van der Waals surface area contributed by atoms with Crippen LogP contribution in [0.3, 0.4) is 0 Å². The quantitative estimate of drug-likeness (QED) is 0.642. The topological polar surface area (TPSA) is 38.3 Å². The summed E-state index contributed by atoms with van der Waals surface area (Å²) >= 11 is 0. The van der Waals surface area contributed by atoms with Crippen molar-refractivity contribution in [2.24, 2.45) is 5.92 Å². The molecule has 92 valence electrons. The summed E-state index contributed by atoms with van der Waals surface area (Å²) in [6, 6.07) is 7.76. The lowest BCUT2D eigenvalue weighted by Crippen LogP contribution is -2.33. The van der Waals surface area contributed by atoms with E-state index < -0.39 is 0 Å². The third kappa shape index (κ3) is 3.30. The zero-order valence-corrected chi connectivity index (χ0v) is 10.2. The van der Waals surface area contributed by atoms with E-state index in [0.717, 1.165) is 32.4 Å². The highest BCUT2D eigenvalue weighted by atomic mass is 16.5. The predicted octanol–water partition coefficient (Wildman–Crippen LogP) is 2.15. The lowest BCUT2D eigenvalue weighted by molar-refractivity contribution is -0.139. The molecule has 0 amide bonds. The SMILES string of the molecule is CCc1ccc(OC(=O)C2CCNCC2)cc1. The number of nitrogens with one attached hydrogen (secondary N) is 1. The number of hydrogen-bond acceptors (Lipinski definition) is 3. The van der Waals surface area contributed by atoms with Gasteiger partial charge in [0.15, 0.2) is 0 Å². The molecule has 1 aliphatic heterocycles. The van der Waals surface area contributed by atoms with E-state index >= 15 is 0 Å². The van der Waals surface area contributed by atoms with Crippen LogP contribution in [0.1, 0.15) is 25.3 Å². The Bertz CT molecular complexity index is 366. The van der Waals surface area contributed by atoms with E-state index in [-0.39, 0.29) is 11.9 Å². The Hall–Kier alpha value is -1.35. The van der Waals surface area contributed by atoms with Crippen LogP contribution in [0.25, 0.3) is 0 Å². The standard InChI is InChI=1S/C14H19NO2/c1-2-11-3-5-13(6-4-11)17-14(16)12-7-9-15-10-8-12/h3-6,12,15H,2,7-10H2,1H3. The lowest BCUT2D eigenvalue weighted by Gasteiger charge is -2.20. The molecule has 0 atom stereocenters. The maximum Gasteiger partial charge on any atom is 0.314 e. The van der Waals surface area contributed by atoms with E-state index in [1.807, 2.05) is 24.3 Å². The molecule has 2 rings (SSSR count). The molecule has 3 heteroatoms. The molecule has 0 spiro atoms. The number of aryl methyl sites for hydroxylation is 1. The van der Waals surface area contributed by atoms with E-state index in [0.29, 0.717) is 5.75 Å². The summed E-state index contributed by atoms with van der Waals surface area (Å²) in [6.45, 7) is 3.93. The fourth-order valence-electron chi connectivity index (χ4n) is 2.05. The van der Waals surface area contributed by atoms with Crippen molar-refractivity contribution in [1.29, 1.82) is 0 Å². The molecule has 1 heterocycles. The van der Waals surface area contributed by atoms with Gasteiger partial charge in [-0.15, -0.1) is 0 Å². The number of ether oxygens (including phenoxy) is 1. The Morgan fingerprint density at radius 3 is 2.53 bits per heavy atom. The van der Waals surface area contributed by atoms with Crippen molar-refractivity contribution < 1.29 is 9.53 Å². The van der Waals surface area contributed by atoms with Crippen LogP contribution in [0.5, 0.6) is 5.75 Å². The zero-order chi connectivity index (χ0) is 12.1. The molecule has 1 fully saturated rings. The minimum atomic E-state index is -0.0873. The van der Waals surface area contributed by atoms with Crippen molar-refractivity contribution in [1.82, 2.24) is 5.32 Å². The van der Waals surface area contributed by atoms with Gasteiger partial charge in [0.1, 0.15) is 5.75 Å². The molecular formula is C14H19NO2. The van der Waals surface area contributed by atoms with Gasteiger partial charge in [-0.1, -0.05) is 19.1 Å². The summed E-state index contributed by atoms with van der Waals surface area (Å²) in [5, 5.41) is 3.24. The van der Waals surface area contributed by atoms with Gasteiger partial charge < -0.3 is 10.1 Å². The number of carbonyl (C=O) groups is 1. The lowest BCUT2D eigenvalue weighted by atomic mass is 9.98. The van der Waals surface area contributed by atoms with Crippen LogP contribution in [0.15, 0.2) is 24.3 Å². The van der Waals surface area contributed by atoms with Gasteiger partial charge in [0, 0.05) is 0 Å². The van der Waals surface area contributed by atoms with E-state index in [1.165, 1.54) is 5.56 Å². The molecule has 1 aliphatic rings. The second kappa shape index (κ2) is 5.82. The van der Waals surface area contributed by atoms with Crippen LogP contribution in [0, 0.1) is 5.92 Å². The van der Waals surface area contributed by atoms with Crippen LogP contribution >= 0.6 is 0 Å². The average molecular weight is 233 g/mol. The second-order valence-electron chi connectivity index (χ2n) is 4.44. The summed E-state index contributed by atoms with van der Waals surface area (Å²) in [4.78, 5) is 11.9. The minimum absolute atomic E-state index is 0.0575. The van der Waals surface area contributed by atoms with Crippen LogP contribution in [0.2, 0.25) is 0 Å². The van der Waals surface area contributed by atoms with Crippen molar-refractivity contribution in [2.75, 3.05) is 13.1 Å². The van der Waals surface area contributed by atoms with Crippen molar-refractivity contribution in [2.45, 2.75) is 26.2 Å². The van der Waals surface area contributed by atoms with Gasteiger partial charge in [-0.05, 0) is 50.0 Å². The van der Waals surface area contributed by atoms with Crippen molar-refractivity contribution >= 4 is 5.97 Å². The maximum absolute atomic E-state index is 11.9. The third-order valence-corrected chi connectivity index (χ3v) is 3.22. The van der Waals surface area contributed by atoms with Crippen molar-refractivity contribution in [3.63, 3.8) is 0 Å². The molecule has 17 heavy (non-hydrogen) atoms. The van der Waals surface area contributed by atoms with Gasteiger partial charge in [0.05, 0.1) is 5.92 Å². The van der Waals surface area contributed by atoms with Crippen LogP contribution in [-0.2, 0) is 11.2 Å². The van der Waals surface area contributed by atoms with Gasteiger partial charge in [0.2, 0.25) is 0 Å². The molecule has 0 unspecified atom stereocenters. The van der Waals surface area contributed by atoms with Crippen LogP contribution in [0.4, 0.5) is 0 Å². The normalized spacial score (nSPS) is 16.8. The Morgan fingerprint density at radius 1 is 1.29 bits per heavy atom. The monoisotopic (exact) mass is 233 g/mol. The van der Waals surface area contributed by atoms with Gasteiger partial charge in [-0.3, -0.25) is 4.79 Å².